The lowest BCUT2D eigenvalue weighted by Gasteiger charge is -2.05. The molecule has 0 saturated heterocycles. The quantitative estimate of drug-likeness (QED) is 0.192. The normalized spacial score (nSPS) is 11.9. The van der Waals surface area contributed by atoms with Gasteiger partial charge in [-0.15, -0.1) is 0 Å². The van der Waals surface area contributed by atoms with Crippen molar-refractivity contribution in [2.24, 2.45) is 11.5 Å². The molecule has 0 bridgehead atoms. The van der Waals surface area contributed by atoms with E-state index in [2.05, 4.69) is 10.6 Å². The first-order valence-electron chi connectivity index (χ1n) is 11.4. The Balaban J connectivity index is 0.000000162. The average molecular weight is 507 g/mol. The molecule has 38 heavy (non-hydrogen) atoms. The molecule has 0 atom stereocenters. The molecule has 2 aliphatic carbocycles. The third-order valence-electron chi connectivity index (χ3n) is 6.22. The predicted octanol–water partition coefficient (Wildman–Crippen LogP) is 3.94. The van der Waals surface area contributed by atoms with Gasteiger partial charge in [0.1, 0.15) is 0 Å². The highest BCUT2D eigenvalue weighted by molar-refractivity contribution is 6.23. The molecule has 0 unspecified atom stereocenters. The van der Waals surface area contributed by atoms with Crippen LogP contribution in [0.25, 0.3) is 22.3 Å². The largest absolute Gasteiger partial charge is 0.399 e. The van der Waals surface area contributed by atoms with Gasteiger partial charge in [0.2, 0.25) is 0 Å². The van der Waals surface area contributed by atoms with Crippen molar-refractivity contribution in [1.82, 2.24) is 0 Å². The average Bonchev–Trinajstić information content (AvgIpc) is 3.29. The van der Waals surface area contributed by atoms with Crippen LogP contribution < -0.4 is 33.6 Å². The first-order chi connectivity index (χ1) is 18.1. The molecule has 10 nitrogen and oxygen atoms in total. The Bertz CT molecular complexity index is 1570. The van der Waals surface area contributed by atoms with Gasteiger partial charge < -0.3 is 33.6 Å². The lowest BCUT2D eigenvalue weighted by molar-refractivity contribution is 0.103. The van der Waals surface area contributed by atoms with Crippen molar-refractivity contribution < 1.29 is 19.2 Å². The number of amides is 4. The number of hydrogen-bond donors (Lipinski definition) is 6. The van der Waals surface area contributed by atoms with E-state index in [1.54, 1.807) is 60.7 Å². The minimum atomic E-state index is -0.698. The summed E-state index contributed by atoms with van der Waals surface area (Å²) in [5, 5.41) is 4.86. The van der Waals surface area contributed by atoms with Crippen LogP contribution >= 0.6 is 0 Å². The minimum absolute atomic E-state index is 0.00426. The number of carbonyl (C=O) groups is 4. The molecular formula is C28H22N6O4. The molecule has 4 aromatic rings. The van der Waals surface area contributed by atoms with Gasteiger partial charge in [0.15, 0.2) is 11.6 Å². The molecule has 0 aromatic heterocycles. The van der Waals surface area contributed by atoms with Crippen LogP contribution in [0.5, 0.6) is 0 Å². The zero-order valence-electron chi connectivity index (χ0n) is 19.9. The van der Waals surface area contributed by atoms with Crippen LogP contribution in [0.3, 0.4) is 0 Å². The standard InChI is InChI=1S/C15H12N4O3.C13H10N2O/c16-14(21)18-7-1-3-9-10-4-2-8(19-15(17)22)6-12(10)13(20)11(9)5-7;14-7-1-3-9-10-4-2-8(15)6-12(10)13(16)11(9)5-7/h1-6H,(H3,16,18,21)(H3,17,19,22);1-6H,14-15H2. The zero-order valence-corrected chi connectivity index (χ0v) is 19.9. The number of anilines is 4. The lowest BCUT2D eigenvalue weighted by atomic mass is 10.1. The Labute approximate surface area is 216 Å². The van der Waals surface area contributed by atoms with E-state index in [1.807, 2.05) is 12.1 Å². The molecule has 0 fully saturated rings. The molecular weight excluding hydrogens is 484 g/mol. The van der Waals surface area contributed by atoms with Gasteiger partial charge >= 0.3 is 12.1 Å². The predicted molar refractivity (Wildman–Crippen MR) is 146 cm³/mol. The number of nitrogens with two attached hydrogens (primary N) is 4. The number of carbonyl (C=O) groups excluding carboxylic acids is 4. The fourth-order valence-corrected chi connectivity index (χ4v) is 4.63. The summed E-state index contributed by atoms with van der Waals surface area (Å²) in [6, 6.07) is 19.4. The van der Waals surface area contributed by atoms with E-state index in [9.17, 15) is 19.2 Å². The molecule has 4 amide bonds. The summed E-state index contributed by atoms with van der Waals surface area (Å²) in [4.78, 5) is 46.3. The summed E-state index contributed by atoms with van der Waals surface area (Å²) >= 11 is 0. The van der Waals surface area contributed by atoms with Crippen molar-refractivity contribution in [1.29, 1.82) is 0 Å². The summed E-state index contributed by atoms with van der Waals surface area (Å²) in [7, 11) is 0. The van der Waals surface area contributed by atoms with E-state index >= 15 is 0 Å². The molecule has 0 saturated carbocycles. The fraction of sp³-hybridized carbons (Fsp3) is 0. The summed E-state index contributed by atoms with van der Waals surface area (Å²) in [6.07, 6.45) is 0. The Morgan fingerprint density at radius 1 is 0.474 bits per heavy atom. The maximum atomic E-state index is 12.5. The second-order valence-corrected chi connectivity index (χ2v) is 8.77. The number of urea groups is 2. The number of hydrogen-bond acceptors (Lipinski definition) is 6. The summed E-state index contributed by atoms with van der Waals surface area (Å²) in [5.74, 6) is -0.184. The van der Waals surface area contributed by atoms with Crippen LogP contribution in [0, 0.1) is 0 Å². The SMILES string of the molecule is NC(=O)Nc1ccc2c(c1)C(=O)c1cc(NC(N)=O)ccc1-2.Nc1ccc2c(c1)C(=O)c1cc(N)ccc1-2. The van der Waals surface area contributed by atoms with Crippen LogP contribution in [0.1, 0.15) is 31.8 Å². The number of benzene rings is 4. The smallest absolute Gasteiger partial charge is 0.316 e. The second-order valence-electron chi connectivity index (χ2n) is 8.77. The molecule has 2 aliphatic rings. The molecule has 0 radical (unpaired) electrons. The van der Waals surface area contributed by atoms with Gasteiger partial charge in [-0.2, -0.15) is 0 Å². The van der Waals surface area contributed by atoms with Gasteiger partial charge in [0.25, 0.3) is 0 Å². The number of nitrogen functional groups attached to an aromatic ring is 2. The molecule has 10 heteroatoms. The summed E-state index contributed by atoms with van der Waals surface area (Å²) in [5.41, 5.74) is 29.3. The number of rotatable bonds is 2. The van der Waals surface area contributed by atoms with Crippen molar-refractivity contribution >= 4 is 46.4 Å². The van der Waals surface area contributed by atoms with Crippen LogP contribution in [-0.2, 0) is 0 Å². The fourth-order valence-electron chi connectivity index (χ4n) is 4.63. The Morgan fingerprint density at radius 2 is 0.789 bits per heavy atom. The van der Waals surface area contributed by atoms with E-state index in [0.717, 1.165) is 22.3 Å². The number of nitrogens with one attached hydrogen (secondary N) is 2. The van der Waals surface area contributed by atoms with Gasteiger partial charge in [-0.1, -0.05) is 24.3 Å². The molecule has 0 heterocycles. The third-order valence-corrected chi connectivity index (χ3v) is 6.22. The monoisotopic (exact) mass is 506 g/mol. The van der Waals surface area contributed by atoms with E-state index in [-0.39, 0.29) is 11.6 Å². The minimum Gasteiger partial charge on any atom is -0.399 e. The van der Waals surface area contributed by atoms with E-state index in [4.69, 9.17) is 22.9 Å². The number of ketones is 2. The second kappa shape index (κ2) is 9.10. The molecule has 6 rings (SSSR count). The van der Waals surface area contributed by atoms with E-state index < -0.39 is 12.1 Å². The van der Waals surface area contributed by atoms with Crippen molar-refractivity contribution in [3.63, 3.8) is 0 Å². The lowest BCUT2D eigenvalue weighted by Crippen LogP contribution is -2.19. The Morgan fingerprint density at radius 3 is 1.13 bits per heavy atom. The first kappa shape index (κ1) is 24.1. The maximum absolute atomic E-state index is 12.5. The topological polar surface area (TPSA) is 196 Å². The highest BCUT2D eigenvalue weighted by atomic mass is 16.2. The number of fused-ring (bicyclic) bond motifs is 6. The van der Waals surface area contributed by atoms with Gasteiger partial charge in [-0.05, 0) is 70.8 Å². The van der Waals surface area contributed by atoms with Gasteiger partial charge in [-0.25, -0.2) is 9.59 Å². The highest BCUT2D eigenvalue weighted by Gasteiger charge is 2.28. The van der Waals surface area contributed by atoms with Crippen molar-refractivity contribution in [3.8, 4) is 22.3 Å². The van der Waals surface area contributed by atoms with Crippen molar-refractivity contribution in [3.05, 3.63) is 95.1 Å². The van der Waals surface area contributed by atoms with Gasteiger partial charge in [0.05, 0.1) is 0 Å². The third kappa shape index (κ3) is 4.26. The summed E-state index contributed by atoms with van der Waals surface area (Å²) in [6.45, 7) is 0. The first-order valence-corrected chi connectivity index (χ1v) is 11.4. The van der Waals surface area contributed by atoms with Crippen molar-refractivity contribution in [2.75, 3.05) is 22.1 Å². The van der Waals surface area contributed by atoms with Crippen LogP contribution in [-0.4, -0.2) is 23.6 Å². The molecule has 10 N–H and O–H groups in total. The van der Waals surface area contributed by atoms with Crippen LogP contribution in [0.4, 0.5) is 32.3 Å². The molecule has 0 spiro atoms. The number of primary amides is 2. The van der Waals surface area contributed by atoms with Gasteiger partial charge in [-0.3, -0.25) is 9.59 Å². The van der Waals surface area contributed by atoms with E-state index in [0.29, 0.717) is 45.0 Å². The zero-order chi connectivity index (χ0) is 27.1. The van der Waals surface area contributed by atoms with Gasteiger partial charge in [0, 0.05) is 45.0 Å². The van der Waals surface area contributed by atoms with Crippen molar-refractivity contribution in [2.45, 2.75) is 0 Å². The van der Waals surface area contributed by atoms with E-state index in [1.165, 1.54) is 0 Å². The summed E-state index contributed by atoms with van der Waals surface area (Å²) < 4.78 is 0. The Kier molecular flexibility index (Phi) is 5.76. The highest BCUT2D eigenvalue weighted by Crippen LogP contribution is 2.39. The molecule has 4 aromatic carbocycles. The Hall–Kier alpha value is -5.64. The maximum Gasteiger partial charge on any atom is 0.316 e. The molecule has 0 aliphatic heterocycles. The van der Waals surface area contributed by atoms with Crippen LogP contribution in [0.15, 0.2) is 72.8 Å². The van der Waals surface area contributed by atoms with Crippen LogP contribution in [0.2, 0.25) is 0 Å². The molecule has 188 valence electrons.